The molecule has 60 valence electrons. The van der Waals surface area contributed by atoms with Gasteiger partial charge in [-0.3, -0.25) is 0 Å². The van der Waals surface area contributed by atoms with Gasteiger partial charge in [0.25, 0.3) is 8.38 Å². The first-order valence-electron chi connectivity index (χ1n) is 3.98. The van der Waals surface area contributed by atoms with Gasteiger partial charge >= 0.3 is 0 Å². The minimum Gasteiger partial charge on any atom is -0.223 e. The molecule has 2 nitrogen and oxygen atoms in total. The molecule has 0 aromatic heterocycles. The maximum absolute atomic E-state index is 8.98. The quantitative estimate of drug-likeness (QED) is 0.631. The molecule has 3 heteroatoms. The molecule has 1 saturated carbocycles. The minimum atomic E-state index is -1.43. The second kappa shape index (κ2) is 4.27. The van der Waals surface area contributed by atoms with E-state index in [1.165, 1.54) is 19.3 Å². The van der Waals surface area contributed by atoms with Gasteiger partial charge in [-0.2, -0.15) is 0 Å². The molecule has 0 spiro atoms. The standard InChI is InChI=1S/C7H15O2P/c1-10(8)9-7-5-3-2-4-6-7/h7-8H,2-6H2,1H3/p+1. The van der Waals surface area contributed by atoms with Crippen LogP contribution in [0.25, 0.3) is 0 Å². The summed E-state index contributed by atoms with van der Waals surface area (Å²) in [5, 5.41) is 0. The van der Waals surface area contributed by atoms with Crippen LogP contribution in [-0.4, -0.2) is 17.7 Å². The van der Waals surface area contributed by atoms with Crippen molar-refractivity contribution in [2.45, 2.75) is 38.2 Å². The van der Waals surface area contributed by atoms with Crippen molar-refractivity contribution in [2.24, 2.45) is 0 Å². The summed E-state index contributed by atoms with van der Waals surface area (Å²) in [7, 11) is -1.43. The lowest BCUT2D eigenvalue weighted by molar-refractivity contribution is 0.158. The normalized spacial score (nSPS) is 24.6. The van der Waals surface area contributed by atoms with Gasteiger partial charge in [-0.25, -0.2) is 9.42 Å². The second-order valence-corrected chi connectivity index (χ2v) is 4.17. The highest BCUT2D eigenvalue weighted by molar-refractivity contribution is 7.45. The van der Waals surface area contributed by atoms with Crippen LogP contribution in [0.15, 0.2) is 0 Å². The van der Waals surface area contributed by atoms with Crippen molar-refractivity contribution in [3.05, 3.63) is 0 Å². The molecule has 1 rings (SSSR count). The zero-order chi connectivity index (χ0) is 7.40. The van der Waals surface area contributed by atoms with Crippen molar-refractivity contribution in [2.75, 3.05) is 6.66 Å². The van der Waals surface area contributed by atoms with Gasteiger partial charge in [-0.05, 0) is 12.8 Å². The van der Waals surface area contributed by atoms with Gasteiger partial charge in [0.15, 0.2) is 0 Å². The summed E-state index contributed by atoms with van der Waals surface area (Å²) in [6.07, 6.45) is 6.58. The van der Waals surface area contributed by atoms with Gasteiger partial charge in [-0.1, -0.05) is 19.3 Å². The molecule has 0 bridgehead atoms. The van der Waals surface area contributed by atoms with Crippen molar-refractivity contribution in [1.29, 1.82) is 0 Å². The molecule has 0 aromatic carbocycles. The van der Waals surface area contributed by atoms with Gasteiger partial charge in [0.05, 0.1) is 6.66 Å². The lowest BCUT2D eigenvalue weighted by Gasteiger charge is -2.18. The average molecular weight is 163 g/mol. The Kier molecular flexibility index (Phi) is 3.61. The third-order valence-corrected chi connectivity index (χ3v) is 2.56. The topological polar surface area (TPSA) is 29.5 Å². The molecule has 0 saturated heterocycles. The zero-order valence-electron chi connectivity index (χ0n) is 6.47. The molecule has 1 N–H and O–H groups in total. The predicted octanol–water partition coefficient (Wildman–Crippen LogP) is 2.00. The first-order valence-corrected chi connectivity index (χ1v) is 5.84. The summed E-state index contributed by atoms with van der Waals surface area (Å²) in [6, 6.07) is 0. The van der Waals surface area contributed by atoms with Gasteiger partial charge in [0.1, 0.15) is 6.10 Å². The predicted molar refractivity (Wildman–Crippen MR) is 44.4 cm³/mol. The minimum absolute atomic E-state index is 0.373. The smallest absolute Gasteiger partial charge is 0.223 e. The molecular weight excluding hydrogens is 147 g/mol. The van der Waals surface area contributed by atoms with Crippen LogP contribution in [-0.2, 0) is 4.52 Å². The summed E-state index contributed by atoms with van der Waals surface area (Å²) < 4.78 is 5.35. The molecule has 1 aliphatic rings. The van der Waals surface area contributed by atoms with Crippen molar-refractivity contribution >= 4 is 8.38 Å². The highest BCUT2D eigenvalue weighted by Crippen LogP contribution is 2.33. The molecule has 0 amide bonds. The fourth-order valence-electron chi connectivity index (χ4n) is 1.42. The van der Waals surface area contributed by atoms with E-state index >= 15 is 0 Å². The zero-order valence-corrected chi connectivity index (χ0v) is 7.47. The second-order valence-electron chi connectivity index (χ2n) is 2.90. The van der Waals surface area contributed by atoms with Crippen LogP contribution >= 0.6 is 8.38 Å². The Balaban J connectivity index is 2.13. The molecule has 1 unspecified atom stereocenters. The van der Waals surface area contributed by atoms with Crippen LogP contribution < -0.4 is 0 Å². The van der Waals surface area contributed by atoms with E-state index < -0.39 is 8.38 Å². The maximum atomic E-state index is 8.98. The summed E-state index contributed by atoms with van der Waals surface area (Å²) in [5.74, 6) is 0. The van der Waals surface area contributed by atoms with Crippen LogP contribution in [0.4, 0.5) is 0 Å². The molecule has 1 aliphatic carbocycles. The fourth-order valence-corrected chi connectivity index (χ4v) is 2.14. The Morgan fingerprint density at radius 2 is 1.90 bits per heavy atom. The summed E-state index contributed by atoms with van der Waals surface area (Å²) >= 11 is 0. The highest BCUT2D eigenvalue weighted by atomic mass is 31.2. The van der Waals surface area contributed by atoms with Crippen molar-refractivity contribution in [3.8, 4) is 0 Å². The molecule has 0 radical (unpaired) electrons. The first kappa shape index (κ1) is 8.45. The summed E-state index contributed by atoms with van der Waals surface area (Å²) in [4.78, 5) is 8.98. The van der Waals surface area contributed by atoms with E-state index in [-0.39, 0.29) is 0 Å². The van der Waals surface area contributed by atoms with E-state index in [2.05, 4.69) is 0 Å². The third kappa shape index (κ3) is 2.96. The lowest BCUT2D eigenvalue weighted by atomic mass is 9.98. The molecule has 10 heavy (non-hydrogen) atoms. The van der Waals surface area contributed by atoms with Crippen molar-refractivity contribution < 1.29 is 9.42 Å². The van der Waals surface area contributed by atoms with Gasteiger partial charge < -0.3 is 0 Å². The monoisotopic (exact) mass is 163 g/mol. The van der Waals surface area contributed by atoms with Crippen molar-refractivity contribution in [1.82, 2.24) is 0 Å². The highest BCUT2D eigenvalue weighted by Gasteiger charge is 2.19. The van der Waals surface area contributed by atoms with Crippen LogP contribution in [0.5, 0.6) is 0 Å². The number of hydrogen-bond acceptors (Lipinski definition) is 2. The maximum Gasteiger partial charge on any atom is 0.256 e. The molecular formula is C7H16O2P+. The average Bonchev–Trinajstić information content (AvgIpc) is 1.88. The Morgan fingerprint density at radius 1 is 1.30 bits per heavy atom. The van der Waals surface area contributed by atoms with E-state index in [0.29, 0.717) is 6.10 Å². The van der Waals surface area contributed by atoms with Gasteiger partial charge in [-0.15, -0.1) is 0 Å². The van der Waals surface area contributed by atoms with Crippen molar-refractivity contribution in [3.63, 3.8) is 0 Å². The summed E-state index contributed by atoms with van der Waals surface area (Å²) in [5.41, 5.74) is 0. The lowest BCUT2D eigenvalue weighted by Crippen LogP contribution is -2.13. The SMILES string of the molecule is C[PH+](O)OC1CCCCC1. The van der Waals surface area contributed by atoms with Gasteiger partial charge in [0, 0.05) is 0 Å². The van der Waals surface area contributed by atoms with E-state index in [1.54, 1.807) is 6.66 Å². The number of hydrogen-bond donors (Lipinski definition) is 1. The van der Waals surface area contributed by atoms with Crippen LogP contribution in [0.3, 0.4) is 0 Å². The van der Waals surface area contributed by atoms with Crippen LogP contribution in [0.1, 0.15) is 32.1 Å². The Labute approximate surface area is 63.5 Å². The molecule has 1 fully saturated rings. The molecule has 1 atom stereocenters. The molecule has 0 aliphatic heterocycles. The Morgan fingerprint density at radius 3 is 2.40 bits per heavy atom. The van der Waals surface area contributed by atoms with E-state index in [9.17, 15) is 0 Å². The largest absolute Gasteiger partial charge is 0.256 e. The van der Waals surface area contributed by atoms with E-state index in [0.717, 1.165) is 12.8 Å². The number of rotatable bonds is 2. The van der Waals surface area contributed by atoms with E-state index in [1.807, 2.05) is 0 Å². The fraction of sp³-hybridized carbons (Fsp3) is 1.00. The first-order chi connectivity index (χ1) is 4.79. The van der Waals surface area contributed by atoms with Crippen LogP contribution in [0.2, 0.25) is 0 Å². The van der Waals surface area contributed by atoms with E-state index in [4.69, 9.17) is 9.42 Å². The Bertz CT molecular complexity index is 89.6. The third-order valence-electron chi connectivity index (χ3n) is 1.89. The van der Waals surface area contributed by atoms with Gasteiger partial charge in [0.2, 0.25) is 0 Å². The molecule has 0 heterocycles. The molecule has 0 aromatic rings. The summed E-state index contributed by atoms with van der Waals surface area (Å²) in [6.45, 7) is 1.78. The van der Waals surface area contributed by atoms with Crippen LogP contribution in [0, 0.1) is 0 Å². The Hall–Kier alpha value is 0.350.